The van der Waals surface area contributed by atoms with Crippen molar-refractivity contribution >= 4 is 49.1 Å². The van der Waals surface area contributed by atoms with E-state index in [0.29, 0.717) is 11.4 Å². The Balaban J connectivity index is 2.22. The quantitative estimate of drug-likeness (QED) is 0.770. The topological polar surface area (TPSA) is 83.8 Å². The maximum atomic E-state index is 11.8. The van der Waals surface area contributed by atoms with E-state index in [0.717, 1.165) is 8.95 Å². The molecule has 0 radical (unpaired) electrons. The molecule has 17 heavy (non-hydrogen) atoms. The van der Waals surface area contributed by atoms with Gasteiger partial charge in [-0.3, -0.25) is 9.89 Å². The van der Waals surface area contributed by atoms with E-state index in [9.17, 15) is 4.79 Å². The number of hydrogen-bond acceptors (Lipinski definition) is 3. The molecule has 1 aromatic carbocycles. The first-order valence-corrected chi connectivity index (χ1v) is 6.22. The van der Waals surface area contributed by atoms with Crippen molar-refractivity contribution in [3.05, 3.63) is 39.0 Å². The first kappa shape index (κ1) is 12.1. The molecule has 0 fully saturated rings. The van der Waals surface area contributed by atoms with Gasteiger partial charge in [-0.15, -0.1) is 0 Å². The van der Waals surface area contributed by atoms with Gasteiger partial charge in [0.1, 0.15) is 5.69 Å². The number of nitrogens with zero attached hydrogens (tertiary/aromatic N) is 1. The second-order valence-electron chi connectivity index (χ2n) is 3.28. The summed E-state index contributed by atoms with van der Waals surface area (Å²) < 4.78 is 1.70. The molecule has 1 amide bonds. The molecular weight excluding hydrogens is 352 g/mol. The number of aromatic amines is 1. The predicted molar refractivity (Wildman–Crippen MR) is 72.8 cm³/mol. The Morgan fingerprint density at radius 3 is 2.76 bits per heavy atom. The number of amides is 1. The fourth-order valence-corrected chi connectivity index (χ4v) is 2.40. The molecule has 0 bridgehead atoms. The van der Waals surface area contributed by atoms with E-state index in [1.54, 1.807) is 6.07 Å². The summed E-state index contributed by atoms with van der Waals surface area (Å²) in [7, 11) is 0. The molecule has 0 aliphatic rings. The minimum absolute atomic E-state index is 0.250. The number of carbonyl (C=O) groups excluding carboxylic acids is 1. The second-order valence-corrected chi connectivity index (χ2v) is 5.05. The van der Waals surface area contributed by atoms with Gasteiger partial charge < -0.3 is 11.1 Å². The third kappa shape index (κ3) is 2.67. The number of nitrogens with two attached hydrogens (primary N) is 1. The molecule has 0 aliphatic heterocycles. The molecular formula is C10H8Br2N4O. The van der Waals surface area contributed by atoms with Gasteiger partial charge in [-0.25, -0.2) is 0 Å². The lowest BCUT2D eigenvalue weighted by Gasteiger charge is -2.06. The van der Waals surface area contributed by atoms with Crippen LogP contribution in [0.25, 0.3) is 0 Å². The zero-order chi connectivity index (χ0) is 12.4. The number of nitrogens with one attached hydrogen (secondary N) is 2. The van der Waals surface area contributed by atoms with E-state index < -0.39 is 0 Å². The summed E-state index contributed by atoms with van der Waals surface area (Å²) in [6.45, 7) is 0. The normalized spacial score (nSPS) is 10.2. The number of halogens is 2. The average Bonchev–Trinajstić information content (AvgIpc) is 2.68. The molecule has 1 heterocycles. The SMILES string of the molecule is Nc1cn[nH]c1C(=O)Nc1ccc(Br)cc1Br. The molecule has 7 heteroatoms. The van der Waals surface area contributed by atoms with Crippen molar-refractivity contribution in [1.82, 2.24) is 10.2 Å². The summed E-state index contributed by atoms with van der Waals surface area (Å²) in [5, 5.41) is 8.96. The Kier molecular flexibility index (Phi) is 3.49. The van der Waals surface area contributed by atoms with E-state index >= 15 is 0 Å². The number of aromatic nitrogens is 2. The lowest BCUT2D eigenvalue weighted by atomic mass is 10.3. The Bertz CT molecular complexity index is 567. The van der Waals surface area contributed by atoms with E-state index in [4.69, 9.17) is 5.73 Å². The van der Waals surface area contributed by atoms with Crippen molar-refractivity contribution in [2.75, 3.05) is 11.1 Å². The summed E-state index contributed by atoms with van der Waals surface area (Å²) in [5.41, 5.74) is 6.81. The zero-order valence-corrected chi connectivity index (χ0v) is 11.7. The summed E-state index contributed by atoms with van der Waals surface area (Å²) in [4.78, 5) is 11.8. The minimum Gasteiger partial charge on any atom is -0.396 e. The summed E-state index contributed by atoms with van der Waals surface area (Å²) in [6, 6.07) is 5.45. The van der Waals surface area contributed by atoms with Crippen LogP contribution in [0.1, 0.15) is 10.5 Å². The number of nitrogen functional groups attached to an aromatic ring is 1. The predicted octanol–water partition coefficient (Wildman–Crippen LogP) is 2.77. The van der Waals surface area contributed by atoms with Crippen molar-refractivity contribution in [3.63, 3.8) is 0 Å². The van der Waals surface area contributed by atoms with Gasteiger partial charge in [-0.1, -0.05) is 15.9 Å². The highest BCUT2D eigenvalue weighted by Gasteiger charge is 2.13. The van der Waals surface area contributed by atoms with Crippen LogP contribution in [-0.4, -0.2) is 16.1 Å². The second kappa shape index (κ2) is 4.89. The molecule has 4 N–H and O–H groups in total. The maximum Gasteiger partial charge on any atom is 0.275 e. The van der Waals surface area contributed by atoms with Gasteiger partial charge in [-0.2, -0.15) is 5.10 Å². The number of hydrogen-bond donors (Lipinski definition) is 3. The van der Waals surface area contributed by atoms with Crippen LogP contribution < -0.4 is 11.1 Å². The molecule has 1 aromatic heterocycles. The number of carbonyl (C=O) groups is 1. The van der Waals surface area contributed by atoms with Crippen LogP contribution in [0.5, 0.6) is 0 Å². The largest absolute Gasteiger partial charge is 0.396 e. The van der Waals surface area contributed by atoms with Crippen LogP contribution in [0.2, 0.25) is 0 Å². The van der Waals surface area contributed by atoms with Gasteiger partial charge in [0.15, 0.2) is 0 Å². The third-order valence-corrected chi connectivity index (χ3v) is 3.22. The van der Waals surface area contributed by atoms with E-state index in [2.05, 4.69) is 47.4 Å². The fourth-order valence-electron chi connectivity index (χ4n) is 1.25. The minimum atomic E-state index is -0.331. The zero-order valence-electron chi connectivity index (χ0n) is 8.50. The number of rotatable bonds is 2. The highest BCUT2D eigenvalue weighted by atomic mass is 79.9. The summed E-state index contributed by atoms with van der Waals surface area (Å²) >= 11 is 6.69. The number of anilines is 2. The molecule has 0 unspecified atom stereocenters. The molecule has 0 saturated carbocycles. The smallest absolute Gasteiger partial charge is 0.275 e. The van der Waals surface area contributed by atoms with Gasteiger partial charge in [0.2, 0.25) is 0 Å². The van der Waals surface area contributed by atoms with E-state index in [1.165, 1.54) is 6.20 Å². The number of benzene rings is 1. The van der Waals surface area contributed by atoms with Crippen LogP contribution in [0, 0.1) is 0 Å². The van der Waals surface area contributed by atoms with Crippen molar-refractivity contribution in [2.45, 2.75) is 0 Å². The van der Waals surface area contributed by atoms with Crippen LogP contribution in [0.4, 0.5) is 11.4 Å². The average molecular weight is 360 g/mol. The van der Waals surface area contributed by atoms with Gasteiger partial charge in [-0.05, 0) is 34.1 Å². The van der Waals surface area contributed by atoms with Crippen LogP contribution in [0.3, 0.4) is 0 Å². The highest BCUT2D eigenvalue weighted by molar-refractivity contribution is 9.11. The molecule has 0 atom stereocenters. The van der Waals surface area contributed by atoms with Gasteiger partial charge in [0.05, 0.1) is 17.6 Å². The fraction of sp³-hybridized carbons (Fsp3) is 0. The van der Waals surface area contributed by atoms with E-state index in [-0.39, 0.29) is 11.6 Å². The Labute approximate surface area is 114 Å². The van der Waals surface area contributed by atoms with Crippen molar-refractivity contribution in [1.29, 1.82) is 0 Å². The van der Waals surface area contributed by atoms with Crippen molar-refractivity contribution in [3.8, 4) is 0 Å². The summed E-state index contributed by atoms with van der Waals surface area (Å²) in [6.07, 6.45) is 1.39. The molecule has 0 aliphatic carbocycles. The standard InChI is InChI=1S/C10H8Br2N4O/c11-5-1-2-8(6(12)3-5)15-10(17)9-7(13)4-14-16-9/h1-4H,13H2,(H,14,16)(H,15,17). The van der Waals surface area contributed by atoms with Crippen molar-refractivity contribution in [2.24, 2.45) is 0 Å². The molecule has 2 aromatic rings. The monoisotopic (exact) mass is 358 g/mol. The first-order valence-electron chi connectivity index (χ1n) is 4.63. The third-order valence-electron chi connectivity index (χ3n) is 2.08. The number of H-pyrrole nitrogens is 1. The van der Waals surface area contributed by atoms with Crippen LogP contribution in [-0.2, 0) is 0 Å². The lowest BCUT2D eigenvalue weighted by molar-refractivity contribution is 0.102. The Morgan fingerprint density at radius 2 is 2.18 bits per heavy atom. The van der Waals surface area contributed by atoms with E-state index in [1.807, 2.05) is 12.1 Å². The van der Waals surface area contributed by atoms with Gasteiger partial charge in [0, 0.05) is 8.95 Å². The van der Waals surface area contributed by atoms with Gasteiger partial charge >= 0.3 is 0 Å². The summed E-state index contributed by atoms with van der Waals surface area (Å²) in [5.74, 6) is -0.331. The first-order chi connectivity index (χ1) is 8.08. The van der Waals surface area contributed by atoms with Gasteiger partial charge in [0.25, 0.3) is 5.91 Å². The Hall–Kier alpha value is -1.34. The molecule has 2 rings (SSSR count). The van der Waals surface area contributed by atoms with Crippen LogP contribution >= 0.6 is 31.9 Å². The lowest BCUT2D eigenvalue weighted by Crippen LogP contribution is -2.14. The molecule has 0 spiro atoms. The van der Waals surface area contributed by atoms with Crippen LogP contribution in [0.15, 0.2) is 33.3 Å². The maximum absolute atomic E-state index is 11.8. The molecule has 88 valence electrons. The molecule has 0 saturated heterocycles. The highest BCUT2D eigenvalue weighted by Crippen LogP contribution is 2.26. The Morgan fingerprint density at radius 1 is 1.41 bits per heavy atom. The molecule has 5 nitrogen and oxygen atoms in total. The van der Waals surface area contributed by atoms with Crippen molar-refractivity contribution < 1.29 is 4.79 Å².